The van der Waals surface area contributed by atoms with Crippen LogP contribution in [0, 0.1) is 6.92 Å². The quantitative estimate of drug-likeness (QED) is 0.452. The lowest BCUT2D eigenvalue weighted by Crippen LogP contribution is -2.09. The van der Waals surface area contributed by atoms with Crippen molar-refractivity contribution in [3.05, 3.63) is 6.92 Å². The summed E-state index contributed by atoms with van der Waals surface area (Å²) < 4.78 is 14.3. The summed E-state index contributed by atoms with van der Waals surface area (Å²) in [5, 5.41) is 0. The third-order valence-corrected chi connectivity index (χ3v) is 1.22. The molecule has 0 fully saturated rings. The zero-order valence-corrected chi connectivity index (χ0v) is 8.08. The minimum atomic E-state index is -0.662. The fourth-order valence-electron chi connectivity index (χ4n) is 0.688. The molecule has 0 saturated carbocycles. The standard InChI is InChI=1S/C9H17O4/c1-3-6-11-7-5-8-13-9(10)12-4-2/h2-8H2,1H3. The Bertz CT molecular complexity index is 125. The second kappa shape index (κ2) is 9.32. The van der Waals surface area contributed by atoms with E-state index in [4.69, 9.17) is 4.74 Å². The highest BCUT2D eigenvalue weighted by Crippen LogP contribution is 1.90. The summed E-state index contributed by atoms with van der Waals surface area (Å²) in [7, 11) is 0. The molecule has 77 valence electrons. The number of carbonyl (C=O) groups excluding carboxylic acids is 1. The van der Waals surface area contributed by atoms with Crippen LogP contribution >= 0.6 is 0 Å². The Hall–Kier alpha value is -0.770. The number of hydrogen-bond acceptors (Lipinski definition) is 4. The molecule has 0 N–H and O–H groups in total. The molecule has 0 atom stereocenters. The second-order valence-electron chi connectivity index (χ2n) is 2.41. The predicted molar refractivity (Wildman–Crippen MR) is 48.4 cm³/mol. The highest BCUT2D eigenvalue weighted by molar-refractivity contribution is 5.59. The van der Waals surface area contributed by atoms with Gasteiger partial charge in [0.2, 0.25) is 0 Å². The molecule has 0 saturated heterocycles. The van der Waals surface area contributed by atoms with Crippen molar-refractivity contribution in [2.75, 3.05) is 26.4 Å². The average Bonchev–Trinajstić information content (AvgIpc) is 2.11. The van der Waals surface area contributed by atoms with E-state index < -0.39 is 6.16 Å². The molecule has 4 heteroatoms. The summed E-state index contributed by atoms with van der Waals surface area (Å²) in [5.41, 5.74) is 0. The number of carbonyl (C=O) groups is 1. The fraction of sp³-hybridized carbons (Fsp3) is 0.778. The smallest absolute Gasteiger partial charge is 0.434 e. The molecule has 0 aromatic rings. The number of ether oxygens (including phenoxy) is 3. The maximum absolute atomic E-state index is 10.6. The summed E-state index contributed by atoms with van der Waals surface area (Å²) in [4.78, 5) is 10.6. The van der Waals surface area contributed by atoms with Gasteiger partial charge in [-0.25, -0.2) is 4.79 Å². The maximum atomic E-state index is 10.6. The summed E-state index contributed by atoms with van der Waals surface area (Å²) in [6.45, 7) is 7.20. The highest BCUT2D eigenvalue weighted by Gasteiger charge is 2.00. The molecule has 4 nitrogen and oxygen atoms in total. The summed E-state index contributed by atoms with van der Waals surface area (Å²) in [6.07, 6.45) is 1.04. The molecule has 0 aromatic heterocycles. The van der Waals surface area contributed by atoms with E-state index in [1.165, 1.54) is 0 Å². The van der Waals surface area contributed by atoms with Gasteiger partial charge >= 0.3 is 6.16 Å². The zero-order valence-electron chi connectivity index (χ0n) is 8.08. The van der Waals surface area contributed by atoms with Crippen molar-refractivity contribution < 1.29 is 19.0 Å². The average molecular weight is 189 g/mol. The van der Waals surface area contributed by atoms with Gasteiger partial charge in [-0.1, -0.05) is 6.92 Å². The van der Waals surface area contributed by atoms with E-state index >= 15 is 0 Å². The van der Waals surface area contributed by atoms with E-state index in [0.717, 1.165) is 13.0 Å². The molecule has 0 aliphatic rings. The first-order chi connectivity index (χ1) is 6.31. The van der Waals surface area contributed by atoms with Crippen LogP contribution < -0.4 is 0 Å². The van der Waals surface area contributed by atoms with E-state index in [-0.39, 0.29) is 6.61 Å². The number of rotatable bonds is 7. The van der Waals surface area contributed by atoms with E-state index in [0.29, 0.717) is 19.6 Å². The normalized spacial score (nSPS) is 9.69. The molecule has 0 unspecified atom stereocenters. The van der Waals surface area contributed by atoms with Gasteiger partial charge in [0.25, 0.3) is 0 Å². The van der Waals surface area contributed by atoms with E-state index in [1.54, 1.807) is 0 Å². The van der Waals surface area contributed by atoms with Crippen LogP contribution in [0.4, 0.5) is 4.79 Å². The van der Waals surface area contributed by atoms with Crippen molar-refractivity contribution in [3.63, 3.8) is 0 Å². The van der Waals surface area contributed by atoms with E-state index in [9.17, 15) is 4.79 Å². The molecule has 0 aliphatic carbocycles. The predicted octanol–water partition coefficient (Wildman–Crippen LogP) is 1.79. The molecule has 0 rings (SSSR count). The van der Waals surface area contributed by atoms with Crippen LogP contribution in [-0.4, -0.2) is 32.6 Å². The van der Waals surface area contributed by atoms with Gasteiger partial charge in [-0.2, -0.15) is 0 Å². The SMILES string of the molecule is [CH2]COC(=O)OCCCOCCC. The molecule has 0 heterocycles. The van der Waals surface area contributed by atoms with Gasteiger partial charge < -0.3 is 14.2 Å². The lowest BCUT2D eigenvalue weighted by molar-refractivity contribution is 0.0514. The van der Waals surface area contributed by atoms with Crippen molar-refractivity contribution >= 4 is 6.16 Å². The van der Waals surface area contributed by atoms with Crippen molar-refractivity contribution in [1.82, 2.24) is 0 Å². The minimum Gasteiger partial charge on any atom is -0.434 e. The van der Waals surface area contributed by atoms with Gasteiger partial charge in [0.15, 0.2) is 0 Å². The Morgan fingerprint density at radius 1 is 1.23 bits per heavy atom. The molecule has 0 aliphatic heterocycles. The lowest BCUT2D eigenvalue weighted by atomic mass is 10.5. The summed E-state index contributed by atoms with van der Waals surface area (Å²) in [5.74, 6) is 0. The van der Waals surface area contributed by atoms with Crippen LogP contribution in [0.3, 0.4) is 0 Å². The van der Waals surface area contributed by atoms with E-state index in [2.05, 4.69) is 16.4 Å². The van der Waals surface area contributed by atoms with Crippen molar-refractivity contribution in [3.8, 4) is 0 Å². The van der Waals surface area contributed by atoms with Gasteiger partial charge in [0.05, 0.1) is 13.2 Å². The zero-order chi connectivity index (χ0) is 9.94. The minimum absolute atomic E-state index is 0.102. The molecule has 0 amide bonds. The van der Waals surface area contributed by atoms with Crippen LogP contribution in [0.1, 0.15) is 19.8 Å². The Labute approximate surface area is 79.2 Å². The Kier molecular flexibility index (Phi) is 8.77. The van der Waals surface area contributed by atoms with Crippen LogP contribution in [0.15, 0.2) is 0 Å². The maximum Gasteiger partial charge on any atom is 0.508 e. The van der Waals surface area contributed by atoms with Crippen LogP contribution in [0.25, 0.3) is 0 Å². The van der Waals surface area contributed by atoms with Crippen molar-refractivity contribution in [2.24, 2.45) is 0 Å². The molecule has 0 aromatic carbocycles. The summed E-state index contributed by atoms with van der Waals surface area (Å²) >= 11 is 0. The molecular formula is C9H17O4. The Morgan fingerprint density at radius 2 is 2.00 bits per heavy atom. The van der Waals surface area contributed by atoms with Gasteiger partial charge in [0, 0.05) is 19.6 Å². The first-order valence-corrected chi connectivity index (χ1v) is 4.47. The highest BCUT2D eigenvalue weighted by atomic mass is 16.7. The van der Waals surface area contributed by atoms with Gasteiger partial charge in [-0.3, -0.25) is 0 Å². The topological polar surface area (TPSA) is 44.8 Å². The van der Waals surface area contributed by atoms with Crippen LogP contribution in [-0.2, 0) is 14.2 Å². The third-order valence-electron chi connectivity index (χ3n) is 1.22. The Morgan fingerprint density at radius 3 is 2.62 bits per heavy atom. The Balaban J connectivity index is 3.02. The molecule has 0 spiro atoms. The van der Waals surface area contributed by atoms with Crippen LogP contribution in [0.2, 0.25) is 0 Å². The largest absolute Gasteiger partial charge is 0.508 e. The third kappa shape index (κ3) is 9.14. The van der Waals surface area contributed by atoms with Gasteiger partial charge in [0.1, 0.15) is 0 Å². The lowest BCUT2D eigenvalue weighted by Gasteiger charge is -2.04. The van der Waals surface area contributed by atoms with Gasteiger partial charge in [-0.15, -0.1) is 0 Å². The van der Waals surface area contributed by atoms with Crippen LogP contribution in [0.5, 0.6) is 0 Å². The monoisotopic (exact) mass is 189 g/mol. The molecule has 1 radical (unpaired) electrons. The number of hydrogen-bond donors (Lipinski definition) is 0. The first-order valence-electron chi connectivity index (χ1n) is 4.47. The van der Waals surface area contributed by atoms with Gasteiger partial charge in [-0.05, 0) is 13.3 Å². The summed E-state index contributed by atoms with van der Waals surface area (Å²) in [6, 6.07) is 0. The molecule has 0 bridgehead atoms. The van der Waals surface area contributed by atoms with E-state index in [1.807, 2.05) is 6.92 Å². The fourth-order valence-corrected chi connectivity index (χ4v) is 0.688. The van der Waals surface area contributed by atoms with Crippen molar-refractivity contribution in [1.29, 1.82) is 0 Å². The molecular weight excluding hydrogens is 172 g/mol. The first kappa shape index (κ1) is 12.2. The second-order valence-corrected chi connectivity index (χ2v) is 2.41. The molecule has 13 heavy (non-hydrogen) atoms. The van der Waals surface area contributed by atoms with Crippen molar-refractivity contribution in [2.45, 2.75) is 19.8 Å².